The first kappa shape index (κ1) is 23.4. The molecule has 1 N–H and O–H groups in total. The Kier molecular flexibility index (Phi) is 7.74. The molecule has 2 fully saturated rings. The number of nitrogens with zero attached hydrogens (tertiary/aromatic N) is 5. The first-order chi connectivity index (χ1) is 16.1. The normalized spacial score (nSPS) is 20.6. The molecule has 2 aliphatic rings. The van der Waals surface area contributed by atoms with E-state index >= 15 is 0 Å². The molecule has 33 heavy (non-hydrogen) atoms. The average Bonchev–Trinajstić information content (AvgIpc) is 3.35. The van der Waals surface area contributed by atoms with Crippen molar-refractivity contribution < 1.29 is 14.3 Å². The summed E-state index contributed by atoms with van der Waals surface area (Å²) in [5, 5.41) is 3.05. The van der Waals surface area contributed by atoms with Crippen LogP contribution in [0.3, 0.4) is 0 Å². The first-order valence-electron chi connectivity index (χ1n) is 11.5. The Morgan fingerprint density at radius 2 is 1.82 bits per heavy atom. The van der Waals surface area contributed by atoms with Crippen molar-refractivity contribution in [2.45, 2.75) is 13.1 Å². The fourth-order valence-electron chi connectivity index (χ4n) is 4.86. The van der Waals surface area contributed by atoms with Gasteiger partial charge in [0, 0.05) is 46.9 Å². The molecule has 0 spiro atoms. The van der Waals surface area contributed by atoms with Crippen LogP contribution in [0.15, 0.2) is 30.5 Å². The number of carbonyl (C=O) groups excluding carboxylic acids is 1. The third kappa shape index (κ3) is 5.79. The number of hydrogen-bond donors (Lipinski definition) is 1. The molecule has 0 bridgehead atoms. The molecule has 1 aromatic carbocycles. The highest BCUT2D eigenvalue weighted by atomic mass is 16.5. The first-order valence-corrected chi connectivity index (χ1v) is 11.5. The van der Waals surface area contributed by atoms with Gasteiger partial charge in [-0.25, -0.2) is 4.98 Å². The number of benzene rings is 1. The lowest BCUT2D eigenvalue weighted by atomic mass is 10.0. The summed E-state index contributed by atoms with van der Waals surface area (Å²) in [7, 11) is 5.60. The van der Waals surface area contributed by atoms with Gasteiger partial charge in [0.25, 0.3) is 0 Å². The molecule has 4 rings (SSSR count). The van der Waals surface area contributed by atoms with Crippen LogP contribution in [0.2, 0.25) is 0 Å². The van der Waals surface area contributed by atoms with Crippen LogP contribution in [0.5, 0.6) is 6.01 Å². The van der Waals surface area contributed by atoms with Gasteiger partial charge in [0.15, 0.2) is 5.82 Å². The van der Waals surface area contributed by atoms with E-state index in [0.29, 0.717) is 31.3 Å². The number of likely N-dealkylation sites (tertiary alicyclic amines) is 2. The van der Waals surface area contributed by atoms with Gasteiger partial charge in [-0.05, 0) is 30.0 Å². The molecule has 2 atom stereocenters. The molecule has 0 saturated carbocycles. The number of anilines is 2. The Bertz CT molecular complexity index is 911. The van der Waals surface area contributed by atoms with Gasteiger partial charge in [0.05, 0.1) is 25.0 Å². The van der Waals surface area contributed by atoms with Crippen LogP contribution in [0.25, 0.3) is 0 Å². The predicted molar refractivity (Wildman–Crippen MR) is 127 cm³/mol. The lowest BCUT2D eigenvalue weighted by molar-refractivity contribution is -0.107. The number of rotatable bonds is 11. The van der Waals surface area contributed by atoms with Crippen molar-refractivity contribution in [2.75, 3.05) is 70.8 Å². The molecule has 9 nitrogen and oxygen atoms in total. The summed E-state index contributed by atoms with van der Waals surface area (Å²) in [6.07, 6.45) is 2.41. The zero-order valence-electron chi connectivity index (χ0n) is 19.7. The maximum Gasteiger partial charge on any atom is 0.318 e. The zero-order valence-corrected chi connectivity index (χ0v) is 19.7. The van der Waals surface area contributed by atoms with Crippen LogP contribution in [-0.4, -0.2) is 86.8 Å². The Hall–Kier alpha value is -2.75. The quantitative estimate of drug-likeness (QED) is 0.406. The van der Waals surface area contributed by atoms with Gasteiger partial charge in [0.1, 0.15) is 6.61 Å². The van der Waals surface area contributed by atoms with Crippen molar-refractivity contribution in [3.8, 4) is 6.01 Å². The number of methoxy groups -OCH3 is 1. The minimum Gasteiger partial charge on any atom is -0.461 e. The van der Waals surface area contributed by atoms with Gasteiger partial charge in [-0.1, -0.05) is 24.3 Å². The Balaban J connectivity index is 1.38. The molecule has 2 aliphatic heterocycles. The van der Waals surface area contributed by atoms with Gasteiger partial charge < -0.3 is 19.7 Å². The van der Waals surface area contributed by atoms with Crippen LogP contribution in [0.1, 0.15) is 11.1 Å². The maximum absolute atomic E-state index is 11.9. The van der Waals surface area contributed by atoms with Gasteiger partial charge in [0.2, 0.25) is 6.41 Å². The standard InChI is InChI=1S/C24H34N6O3/c1-25-22-10-26-24(33-9-8-32-3)27-23(22)30(17-31)12-19-6-4-18(5-7-19)11-29-15-20-13-28(2)14-21(20)16-29/h4-7,10,17,20-21,25H,8-9,11-16H2,1-3H3. The van der Waals surface area contributed by atoms with E-state index in [1.165, 1.54) is 31.7 Å². The van der Waals surface area contributed by atoms with E-state index in [4.69, 9.17) is 9.47 Å². The van der Waals surface area contributed by atoms with Crippen molar-refractivity contribution >= 4 is 17.9 Å². The van der Waals surface area contributed by atoms with Crippen LogP contribution in [0.4, 0.5) is 11.5 Å². The minimum atomic E-state index is 0.213. The molecule has 1 amide bonds. The fraction of sp³-hybridized carbons (Fsp3) is 0.542. The number of fused-ring (bicyclic) bond motifs is 1. The monoisotopic (exact) mass is 454 g/mol. The molecule has 2 unspecified atom stereocenters. The smallest absolute Gasteiger partial charge is 0.318 e. The third-order valence-electron chi connectivity index (χ3n) is 6.46. The van der Waals surface area contributed by atoms with Crippen LogP contribution in [-0.2, 0) is 22.6 Å². The maximum atomic E-state index is 11.9. The second kappa shape index (κ2) is 10.9. The SMILES string of the molecule is CNc1cnc(OCCOC)nc1N(C=O)Cc1ccc(CN2CC3CN(C)CC3C2)cc1. The number of nitrogens with one attached hydrogen (secondary N) is 1. The summed E-state index contributed by atoms with van der Waals surface area (Å²) in [5.74, 6) is 2.11. The number of aromatic nitrogens is 2. The van der Waals surface area contributed by atoms with E-state index in [-0.39, 0.29) is 6.01 Å². The van der Waals surface area contributed by atoms with E-state index in [1.807, 2.05) is 0 Å². The fourth-order valence-corrected chi connectivity index (χ4v) is 4.86. The summed E-state index contributed by atoms with van der Waals surface area (Å²) in [6.45, 7) is 6.98. The summed E-state index contributed by atoms with van der Waals surface area (Å²) < 4.78 is 10.5. The highest BCUT2D eigenvalue weighted by Gasteiger charge is 2.38. The van der Waals surface area contributed by atoms with Crippen molar-refractivity contribution in [3.63, 3.8) is 0 Å². The topological polar surface area (TPSA) is 83.1 Å². The molecule has 9 heteroatoms. The molecular weight excluding hydrogens is 420 g/mol. The lowest BCUT2D eigenvalue weighted by Crippen LogP contribution is -2.26. The Morgan fingerprint density at radius 1 is 1.12 bits per heavy atom. The minimum absolute atomic E-state index is 0.213. The highest BCUT2D eigenvalue weighted by molar-refractivity contribution is 5.80. The summed E-state index contributed by atoms with van der Waals surface area (Å²) in [5.41, 5.74) is 2.99. The Labute approximate surface area is 195 Å². The largest absolute Gasteiger partial charge is 0.461 e. The van der Waals surface area contributed by atoms with Crippen LogP contribution in [0, 0.1) is 11.8 Å². The lowest BCUT2D eigenvalue weighted by Gasteiger charge is -2.21. The molecule has 2 saturated heterocycles. The third-order valence-corrected chi connectivity index (χ3v) is 6.46. The summed E-state index contributed by atoms with van der Waals surface area (Å²) in [4.78, 5) is 27.1. The van der Waals surface area contributed by atoms with Crippen molar-refractivity contribution in [2.24, 2.45) is 11.8 Å². The molecule has 0 radical (unpaired) electrons. The molecule has 3 heterocycles. The van der Waals surface area contributed by atoms with Gasteiger partial charge >= 0.3 is 6.01 Å². The van der Waals surface area contributed by atoms with E-state index in [1.54, 1.807) is 25.3 Å². The molecule has 0 aliphatic carbocycles. The second-order valence-electron chi connectivity index (χ2n) is 8.97. The highest BCUT2D eigenvalue weighted by Crippen LogP contribution is 2.31. The number of hydrogen-bond acceptors (Lipinski definition) is 8. The van der Waals surface area contributed by atoms with Gasteiger partial charge in [-0.15, -0.1) is 0 Å². The Morgan fingerprint density at radius 3 is 2.45 bits per heavy atom. The summed E-state index contributed by atoms with van der Waals surface area (Å²) >= 11 is 0. The van der Waals surface area contributed by atoms with Crippen molar-refractivity contribution in [3.05, 3.63) is 41.6 Å². The average molecular weight is 455 g/mol. The van der Waals surface area contributed by atoms with E-state index in [2.05, 4.69) is 56.4 Å². The van der Waals surface area contributed by atoms with Crippen LogP contribution < -0.4 is 15.0 Å². The van der Waals surface area contributed by atoms with Crippen molar-refractivity contribution in [1.29, 1.82) is 0 Å². The van der Waals surface area contributed by atoms with Gasteiger partial charge in [-0.2, -0.15) is 4.98 Å². The predicted octanol–water partition coefficient (Wildman–Crippen LogP) is 1.70. The van der Waals surface area contributed by atoms with Crippen LogP contribution >= 0.6 is 0 Å². The van der Waals surface area contributed by atoms with E-state index < -0.39 is 0 Å². The number of amides is 1. The second-order valence-corrected chi connectivity index (χ2v) is 8.97. The van der Waals surface area contributed by atoms with Crippen molar-refractivity contribution in [1.82, 2.24) is 19.8 Å². The van der Waals surface area contributed by atoms with E-state index in [9.17, 15) is 4.79 Å². The number of carbonyl (C=O) groups is 1. The summed E-state index contributed by atoms with van der Waals surface area (Å²) in [6, 6.07) is 8.72. The number of ether oxygens (including phenoxy) is 2. The molecule has 1 aromatic heterocycles. The van der Waals surface area contributed by atoms with Gasteiger partial charge in [-0.3, -0.25) is 14.6 Å². The zero-order chi connectivity index (χ0) is 23.2. The molecular formula is C24H34N6O3. The molecule has 178 valence electrons. The molecule has 2 aromatic rings. The van der Waals surface area contributed by atoms with E-state index in [0.717, 1.165) is 30.4 Å².